The van der Waals surface area contributed by atoms with E-state index in [0.717, 1.165) is 12.0 Å². The molecule has 0 aliphatic heterocycles. The van der Waals surface area contributed by atoms with Crippen molar-refractivity contribution in [2.75, 3.05) is 0 Å². The number of hydrogen-bond acceptors (Lipinski definition) is 3. The molecule has 0 bridgehead atoms. The summed E-state index contributed by atoms with van der Waals surface area (Å²) in [6.07, 6.45) is 0.649. The van der Waals surface area contributed by atoms with E-state index in [4.69, 9.17) is 15.6 Å². The lowest BCUT2D eigenvalue weighted by Gasteiger charge is -2.15. The number of rotatable bonds is 7. The van der Waals surface area contributed by atoms with Crippen molar-refractivity contribution in [1.29, 1.82) is 0 Å². The number of carboxylic acid groups (broad SMARTS) is 1. The third kappa shape index (κ3) is 4.52. The lowest BCUT2D eigenvalue weighted by Crippen LogP contribution is -2.26. The van der Waals surface area contributed by atoms with Gasteiger partial charge in [0, 0.05) is 6.04 Å². The Morgan fingerprint density at radius 2 is 2.11 bits per heavy atom. The van der Waals surface area contributed by atoms with E-state index in [9.17, 15) is 9.18 Å². The number of carboxylic acids is 1. The molecular weight excluding hydrogens is 249 g/mol. The van der Waals surface area contributed by atoms with E-state index < -0.39 is 17.9 Å². The molecule has 0 saturated carbocycles. The van der Waals surface area contributed by atoms with E-state index in [1.165, 1.54) is 12.1 Å². The summed E-state index contributed by atoms with van der Waals surface area (Å²) in [5.41, 5.74) is 6.58. The molecule has 2 unspecified atom stereocenters. The molecule has 0 fully saturated rings. The summed E-state index contributed by atoms with van der Waals surface area (Å²) >= 11 is 0. The molecule has 0 aliphatic rings. The van der Waals surface area contributed by atoms with Gasteiger partial charge in [0.1, 0.15) is 0 Å². The number of carbonyl (C=O) groups is 1. The van der Waals surface area contributed by atoms with Crippen molar-refractivity contribution in [2.24, 2.45) is 5.73 Å². The second-order valence-corrected chi connectivity index (χ2v) is 4.49. The fraction of sp³-hybridized carbons (Fsp3) is 0.500. The minimum Gasteiger partial charge on any atom is -0.479 e. The fourth-order valence-corrected chi connectivity index (χ4v) is 1.68. The summed E-state index contributed by atoms with van der Waals surface area (Å²) in [5.74, 6) is -1.69. The molecule has 4 nitrogen and oxygen atoms in total. The topological polar surface area (TPSA) is 72.5 Å². The quantitative estimate of drug-likeness (QED) is 0.797. The van der Waals surface area contributed by atoms with E-state index in [0.29, 0.717) is 6.42 Å². The second kappa shape index (κ2) is 7.09. The molecule has 0 saturated heterocycles. The second-order valence-electron chi connectivity index (χ2n) is 4.49. The van der Waals surface area contributed by atoms with Gasteiger partial charge in [-0.05, 0) is 37.0 Å². The number of halogens is 1. The summed E-state index contributed by atoms with van der Waals surface area (Å²) in [7, 11) is 0. The number of ether oxygens (including phenoxy) is 1. The summed E-state index contributed by atoms with van der Waals surface area (Å²) in [5, 5.41) is 8.87. The molecule has 5 heteroatoms. The van der Waals surface area contributed by atoms with Gasteiger partial charge >= 0.3 is 5.97 Å². The van der Waals surface area contributed by atoms with Gasteiger partial charge < -0.3 is 15.6 Å². The lowest BCUT2D eigenvalue weighted by molar-refractivity contribution is -0.145. The molecule has 2 atom stereocenters. The first-order valence-corrected chi connectivity index (χ1v) is 6.41. The van der Waals surface area contributed by atoms with Crippen LogP contribution in [0.1, 0.15) is 32.3 Å². The molecular formula is C14H20FNO3. The molecule has 0 aromatic heterocycles. The van der Waals surface area contributed by atoms with Gasteiger partial charge in [0.25, 0.3) is 0 Å². The highest BCUT2D eigenvalue weighted by atomic mass is 19.1. The summed E-state index contributed by atoms with van der Waals surface area (Å²) in [4.78, 5) is 10.8. The van der Waals surface area contributed by atoms with Gasteiger partial charge in [0.05, 0.1) is 0 Å². The van der Waals surface area contributed by atoms with E-state index in [1.807, 2.05) is 6.92 Å². The Hall–Kier alpha value is -1.62. The van der Waals surface area contributed by atoms with Gasteiger partial charge in [-0.15, -0.1) is 0 Å². The van der Waals surface area contributed by atoms with Crippen LogP contribution in [0.3, 0.4) is 0 Å². The smallest absolute Gasteiger partial charge is 0.344 e. The highest BCUT2D eigenvalue weighted by Crippen LogP contribution is 2.21. The zero-order valence-corrected chi connectivity index (χ0v) is 11.2. The molecule has 1 aromatic rings. The predicted octanol–water partition coefficient (Wildman–Crippen LogP) is 2.35. The van der Waals surface area contributed by atoms with Gasteiger partial charge in [-0.1, -0.05) is 19.9 Å². The van der Waals surface area contributed by atoms with E-state index in [-0.39, 0.29) is 18.2 Å². The molecule has 106 valence electrons. The van der Waals surface area contributed by atoms with Crippen molar-refractivity contribution >= 4 is 5.97 Å². The van der Waals surface area contributed by atoms with Crippen LogP contribution in [-0.4, -0.2) is 23.2 Å². The molecule has 0 radical (unpaired) electrons. The summed E-state index contributed by atoms with van der Waals surface area (Å²) in [6.45, 7) is 3.64. The molecule has 0 spiro atoms. The van der Waals surface area contributed by atoms with Crippen LogP contribution in [0.2, 0.25) is 0 Å². The molecule has 0 heterocycles. The van der Waals surface area contributed by atoms with Crippen molar-refractivity contribution in [3.8, 4) is 5.75 Å². The Morgan fingerprint density at radius 3 is 2.58 bits per heavy atom. The fourth-order valence-electron chi connectivity index (χ4n) is 1.68. The van der Waals surface area contributed by atoms with Crippen molar-refractivity contribution in [3.05, 3.63) is 29.6 Å². The average molecular weight is 269 g/mol. The highest BCUT2D eigenvalue weighted by Gasteiger charge is 2.18. The maximum absolute atomic E-state index is 13.8. The van der Waals surface area contributed by atoms with Gasteiger partial charge in [-0.3, -0.25) is 0 Å². The van der Waals surface area contributed by atoms with Crippen molar-refractivity contribution in [3.63, 3.8) is 0 Å². The van der Waals surface area contributed by atoms with Gasteiger partial charge in [0.15, 0.2) is 17.7 Å². The third-order valence-electron chi connectivity index (χ3n) is 2.93. The Morgan fingerprint density at radius 1 is 1.42 bits per heavy atom. The van der Waals surface area contributed by atoms with Crippen molar-refractivity contribution < 1.29 is 19.0 Å². The number of nitrogens with two attached hydrogens (primary N) is 1. The Balaban J connectivity index is 2.79. The zero-order chi connectivity index (χ0) is 14.4. The van der Waals surface area contributed by atoms with E-state index >= 15 is 0 Å². The lowest BCUT2D eigenvalue weighted by atomic mass is 10.0. The van der Waals surface area contributed by atoms with E-state index in [2.05, 4.69) is 0 Å². The minimum atomic E-state index is -1.10. The molecule has 0 amide bonds. The van der Waals surface area contributed by atoms with Crippen LogP contribution in [0, 0.1) is 5.82 Å². The molecule has 19 heavy (non-hydrogen) atoms. The largest absolute Gasteiger partial charge is 0.479 e. The highest BCUT2D eigenvalue weighted by molar-refractivity contribution is 5.72. The standard InChI is InChI=1S/C14H20FNO3/c1-3-10(16)7-9-5-6-13(11(15)8-9)19-12(4-2)14(17)18/h5-6,8,10,12H,3-4,7,16H2,1-2H3,(H,17,18). The summed E-state index contributed by atoms with van der Waals surface area (Å²) < 4.78 is 18.9. The molecule has 1 aromatic carbocycles. The maximum Gasteiger partial charge on any atom is 0.344 e. The third-order valence-corrected chi connectivity index (χ3v) is 2.93. The maximum atomic E-state index is 13.8. The number of aliphatic carboxylic acids is 1. The summed E-state index contributed by atoms with van der Waals surface area (Å²) in [6, 6.07) is 4.51. The van der Waals surface area contributed by atoms with Crippen LogP contribution in [0.15, 0.2) is 18.2 Å². The Kier molecular flexibility index (Phi) is 5.76. The Labute approximate surface area is 112 Å². The average Bonchev–Trinajstić information content (AvgIpc) is 2.37. The molecule has 1 rings (SSSR count). The first kappa shape index (κ1) is 15.4. The van der Waals surface area contributed by atoms with Crippen LogP contribution < -0.4 is 10.5 Å². The first-order valence-electron chi connectivity index (χ1n) is 6.41. The SMILES string of the molecule is CCC(N)Cc1ccc(OC(CC)C(=O)O)c(F)c1. The molecule has 3 N–H and O–H groups in total. The monoisotopic (exact) mass is 269 g/mol. The van der Waals surface area contributed by atoms with Gasteiger partial charge in [-0.25, -0.2) is 9.18 Å². The van der Waals surface area contributed by atoms with Gasteiger partial charge in [-0.2, -0.15) is 0 Å². The Bertz CT molecular complexity index is 437. The molecule has 0 aliphatic carbocycles. The zero-order valence-electron chi connectivity index (χ0n) is 11.2. The minimum absolute atomic E-state index is 0.00595. The van der Waals surface area contributed by atoms with E-state index in [1.54, 1.807) is 13.0 Å². The van der Waals surface area contributed by atoms with Crippen LogP contribution in [0.5, 0.6) is 5.75 Å². The first-order chi connectivity index (χ1) is 8.97. The van der Waals surface area contributed by atoms with Crippen LogP contribution in [0.25, 0.3) is 0 Å². The normalized spacial score (nSPS) is 13.9. The van der Waals surface area contributed by atoms with Crippen LogP contribution >= 0.6 is 0 Å². The number of hydrogen-bond donors (Lipinski definition) is 2. The number of benzene rings is 1. The predicted molar refractivity (Wildman–Crippen MR) is 70.7 cm³/mol. The van der Waals surface area contributed by atoms with Crippen LogP contribution in [0.4, 0.5) is 4.39 Å². The van der Waals surface area contributed by atoms with Crippen LogP contribution in [-0.2, 0) is 11.2 Å². The van der Waals surface area contributed by atoms with Crippen molar-refractivity contribution in [2.45, 2.75) is 45.3 Å². The van der Waals surface area contributed by atoms with Gasteiger partial charge in [0.2, 0.25) is 0 Å². The van der Waals surface area contributed by atoms with Crippen molar-refractivity contribution in [1.82, 2.24) is 0 Å².